The Morgan fingerprint density at radius 3 is 2.06 bits per heavy atom. The maximum Gasteiger partial charge on any atom is 0.407 e. The van der Waals surface area contributed by atoms with Gasteiger partial charge in [0, 0.05) is 19.3 Å². The first kappa shape index (κ1) is 14.3. The SMILES string of the molecule is CC(C)(C)OC(=O)NC1CC(CO)C(CO)C1. The predicted octanol–water partition coefficient (Wildman–Crippen LogP) is 0.890. The van der Waals surface area contributed by atoms with Crippen molar-refractivity contribution in [1.29, 1.82) is 0 Å². The second kappa shape index (κ2) is 5.69. The van der Waals surface area contributed by atoms with Crippen LogP contribution in [0.1, 0.15) is 33.6 Å². The van der Waals surface area contributed by atoms with Crippen molar-refractivity contribution in [2.75, 3.05) is 13.2 Å². The Morgan fingerprint density at radius 2 is 1.71 bits per heavy atom. The highest BCUT2D eigenvalue weighted by molar-refractivity contribution is 5.68. The lowest BCUT2D eigenvalue weighted by atomic mass is 9.98. The van der Waals surface area contributed by atoms with Gasteiger partial charge in [0.1, 0.15) is 5.60 Å². The molecule has 0 aromatic carbocycles. The van der Waals surface area contributed by atoms with Crippen molar-refractivity contribution < 1.29 is 19.7 Å². The van der Waals surface area contributed by atoms with Crippen LogP contribution in [0.2, 0.25) is 0 Å². The zero-order valence-corrected chi connectivity index (χ0v) is 10.8. The van der Waals surface area contributed by atoms with E-state index >= 15 is 0 Å². The summed E-state index contributed by atoms with van der Waals surface area (Å²) in [5, 5.41) is 21.1. The van der Waals surface area contributed by atoms with Crippen molar-refractivity contribution in [2.45, 2.75) is 45.3 Å². The first-order valence-electron chi connectivity index (χ1n) is 6.07. The molecule has 0 aromatic rings. The minimum Gasteiger partial charge on any atom is -0.444 e. The first-order valence-corrected chi connectivity index (χ1v) is 6.07. The van der Waals surface area contributed by atoms with Gasteiger partial charge in [0.2, 0.25) is 0 Å². The van der Waals surface area contributed by atoms with E-state index in [1.165, 1.54) is 0 Å². The normalized spacial score (nSPS) is 29.1. The molecule has 0 heterocycles. The summed E-state index contributed by atoms with van der Waals surface area (Å²) in [5.74, 6) is 0.139. The average molecular weight is 245 g/mol. The van der Waals surface area contributed by atoms with E-state index in [2.05, 4.69) is 5.32 Å². The molecule has 2 atom stereocenters. The van der Waals surface area contributed by atoms with Crippen molar-refractivity contribution in [1.82, 2.24) is 5.32 Å². The van der Waals surface area contributed by atoms with Crippen LogP contribution in [0.25, 0.3) is 0 Å². The van der Waals surface area contributed by atoms with Gasteiger partial charge in [-0.3, -0.25) is 0 Å². The monoisotopic (exact) mass is 245 g/mol. The minimum absolute atomic E-state index is 0.0147. The molecule has 1 rings (SSSR count). The van der Waals surface area contributed by atoms with Gasteiger partial charge in [0.15, 0.2) is 0 Å². The van der Waals surface area contributed by atoms with Crippen LogP contribution < -0.4 is 5.32 Å². The molecule has 17 heavy (non-hydrogen) atoms. The number of hydrogen-bond donors (Lipinski definition) is 3. The van der Waals surface area contributed by atoms with Crippen molar-refractivity contribution in [2.24, 2.45) is 11.8 Å². The molecule has 0 spiro atoms. The second-order valence-corrected chi connectivity index (χ2v) is 5.70. The fraction of sp³-hybridized carbons (Fsp3) is 0.917. The fourth-order valence-corrected chi connectivity index (χ4v) is 2.25. The van der Waals surface area contributed by atoms with E-state index in [0.717, 1.165) is 0 Å². The highest BCUT2D eigenvalue weighted by atomic mass is 16.6. The van der Waals surface area contributed by atoms with Crippen molar-refractivity contribution >= 4 is 6.09 Å². The zero-order valence-electron chi connectivity index (χ0n) is 10.8. The van der Waals surface area contributed by atoms with Crippen molar-refractivity contribution in [3.63, 3.8) is 0 Å². The number of aliphatic hydroxyl groups excluding tert-OH is 2. The summed E-state index contributed by atoms with van der Waals surface area (Å²) in [6, 6.07) is -0.0147. The summed E-state index contributed by atoms with van der Waals surface area (Å²) >= 11 is 0. The van der Waals surface area contributed by atoms with E-state index in [9.17, 15) is 4.79 Å². The Labute approximate surface area is 102 Å². The van der Waals surface area contributed by atoms with E-state index in [0.29, 0.717) is 12.8 Å². The third-order valence-corrected chi connectivity index (χ3v) is 3.03. The highest BCUT2D eigenvalue weighted by Gasteiger charge is 2.34. The van der Waals surface area contributed by atoms with Gasteiger partial charge in [0.05, 0.1) is 0 Å². The largest absolute Gasteiger partial charge is 0.444 e. The quantitative estimate of drug-likeness (QED) is 0.690. The third-order valence-electron chi connectivity index (χ3n) is 3.03. The number of hydrogen-bond acceptors (Lipinski definition) is 4. The molecule has 1 amide bonds. The van der Waals surface area contributed by atoms with E-state index in [1.807, 2.05) is 20.8 Å². The lowest BCUT2D eigenvalue weighted by Crippen LogP contribution is -2.38. The van der Waals surface area contributed by atoms with Gasteiger partial charge in [-0.2, -0.15) is 0 Å². The van der Waals surface area contributed by atoms with E-state index in [4.69, 9.17) is 14.9 Å². The van der Waals surface area contributed by atoms with Gasteiger partial charge >= 0.3 is 6.09 Å². The van der Waals surface area contributed by atoms with Crippen LogP contribution in [0.15, 0.2) is 0 Å². The predicted molar refractivity (Wildman–Crippen MR) is 63.5 cm³/mol. The van der Waals surface area contributed by atoms with Crippen LogP contribution in [-0.2, 0) is 4.74 Å². The number of alkyl carbamates (subject to hydrolysis) is 1. The maximum absolute atomic E-state index is 11.5. The van der Waals surface area contributed by atoms with Gasteiger partial charge in [-0.05, 0) is 45.4 Å². The smallest absolute Gasteiger partial charge is 0.407 e. The molecule has 100 valence electrons. The lowest BCUT2D eigenvalue weighted by molar-refractivity contribution is 0.0502. The number of rotatable bonds is 3. The number of nitrogens with one attached hydrogen (secondary N) is 1. The zero-order chi connectivity index (χ0) is 13.1. The number of carbonyl (C=O) groups is 1. The second-order valence-electron chi connectivity index (χ2n) is 5.70. The topological polar surface area (TPSA) is 78.8 Å². The molecule has 0 aliphatic heterocycles. The summed E-state index contributed by atoms with van der Waals surface area (Å²) in [4.78, 5) is 11.5. The van der Waals surface area contributed by atoms with Crippen molar-refractivity contribution in [3.05, 3.63) is 0 Å². The van der Waals surface area contributed by atoms with Gasteiger partial charge in [-0.25, -0.2) is 4.79 Å². The van der Waals surface area contributed by atoms with Crippen LogP contribution in [0, 0.1) is 11.8 Å². The Bertz CT molecular complexity index is 250. The molecule has 1 aliphatic rings. The number of amides is 1. The Morgan fingerprint density at radius 1 is 1.24 bits per heavy atom. The Balaban J connectivity index is 2.41. The van der Waals surface area contributed by atoms with E-state index in [-0.39, 0.29) is 31.1 Å². The van der Waals surface area contributed by atoms with Gasteiger partial charge in [-0.15, -0.1) is 0 Å². The van der Waals surface area contributed by atoms with Crippen LogP contribution in [-0.4, -0.2) is 41.2 Å². The number of aliphatic hydroxyl groups is 2. The molecule has 5 nitrogen and oxygen atoms in total. The van der Waals surface area contributed by atoms with E-state index < -0.39 is 11.7 Å². The van der Waals surface area contributed by atoms with Crippen LogP contribution in [0.4, 0.5) is 4.79 Å². The Hall–Kier alpha value is -0.810. The molecule has 0 radical (unpaired) electrons. The maximum atomic E-state index is 11.5. The molecule has 3 N–H and O–H groups in total. The summed E-state index contributed by atoms with van der Waals surface area (Å²) < 4.78 is 5.16. The highest BCUT2D eigenvalue weighted by Crippen LogP contribution is 2.31. The summed E-state index contributed by atoms with van der Waals surface area (Å²) in [5.41, 5.74) is -0.505. The molecule has 1 fully saturated rings. The fourth-order valence-electron chi connectivity index (χ4n) is 2.25. The first-order chi connectivity index (χ1) is 7.85. The molecule has 5 heteroatoms. The third kappa shape index (κ3) is 4.52. The van der Waals surface area contributed by atoms with Crippen LogP contribution in [0.5, 0.6) is 0 Å². The van der Waals surface area contributed by atoms with Gasteiger partial charge in [0.25, 0.3) is 0 Å². The van der Waals surface area contributed by atoms with Gasteiger partial charge in [-0.1, -0.05) is 0 Å². The molecular formula is C12H23NO4. The molecule has 0 aromatic heterocycles. The number of ether oxygens (including phenoxy) is 1. The minimum atomic E-state index is -0.505. The van der Waals surface area contributed by atoms with Crippen LogP contribution >= 0.6 is 0 Å². The lowest BCUT2D eigenvalue weighted by Gasteiger charge is -2.21. The number of carbonyl (C=O) groups excluding carboxylic acids is 1. The molecule has 0 saturated heterocycles. The standard InChI is InChI=1S/C12H23NO4/c1-12(2,3)17-11(16)13-10-4-8(6-14)9(5-10)7-15/h8-10,14-15H,4-7H2,1-3H3,(H,13,16). The molecule has 1 aliphatic carbocycles. The van der Waals surface area contributed by atoms with Crippen LogP contribution in [0.3, 0.4) is 0 Å². The summed E-state index contributed by atoms with van der Waals surface area (Å²) in [6.45, 7) is 5.55. The molecule has 1 saturated carbocycles. The van der Waals surface area contributed by atoms with E-state index in [1.54, 1.807) is 0 Å². The Kier molecular flexibility index (Phi) is 4.77. The van der Waals surface area contributed by atoms with Gasteiger partial charge < -0.3 is 20.3 Å². The summed E-state index contributed by atoms with van der Waals surface area (Å²) in [6.07, 6.45) is 0.958. The molecular weight excluding hydrogens is 222 g/mol. The van der Waals surface area contributed by atoms with Crippen molar-refractivity contribution in [3.8, 4) is 0 Å². The summed E-state index contributed by atoms with van der Waals surface area (Å²) in [7, 11) is 0. The molecule has 2 unspecified atom stereocenters. The molecule has 0 bridgehead atoms. The average Bonchev–Trinajstić information content (AvgIpc) is 2.56.